The summed E-state index contributed by atoms with van der Waals surface area (Å²) in [4.78, 5) is 7.10. The van der Waals surface area contributed by atoms with Crippen molar-refractivity contribution in [3.8, 4) is 16.9 Å². The summed E-state index contributed by atoms with van der Waals surface area (Å²) in [5, 5.41) is 0. The Labute approximate surface area is 162 Å². The van der Waals surface area contributed by atoms with Crippen molar-refractivity contribution in [1.29, 1.82) is 0 Å². The summed E-state index contributed by atoms with van der Waals surface area (Å²) in [6.45, 7) is 2.50. The second-order valence-electron chi connectivity index (χ2n) is 8.75. The third kappa shape index (κ3) is 3.27. The van der Waals surface area contributed by atoms with Crippen molar-refractivity contribution in [2.24, 2.45) is 11.8 Å². The van der Waals surface area contributed by atoms with E-state index in [1.807, 2.05) is 18.5 Å². The molecule has 2 saturated carbocycles. The molecule has 2 bridgehead atoms. The van der Waals surface area contributed by atoms with Gasteiger partial charge in [0, 0.05) is 24.0 Å². The number of hydrogen-bond donors (Lipinski definition) is 0. The van der Waals surface area contributed by atoms with Crippen LogP contribution in [0.1, 0.15) is 50.0 Å². The first kappa shape index (κ1) is 17.2. The second kappa shape index (κ2) is 7.27. The highest BCUT2D eigenvalue weighted by atomic mass is 16.5. The molecular weight excluding hydrogens is 332 g/mol. The van der Waals surface area contributed by atoms with Crippen molar-refractivity contribution in [2.45, 2.75) is 50.5 Å². The minimum Gasteiger partial charge on any atom is -0.496 e. The maximum Gasteiger partial charge on any atom is 0.122 e. The van der Waals surface area contributed by atoms with Gasteiger partial charge in [-0.3, -0.25) is 4.98 Å². The number of methoxy groups -OCH3 is 1. The molecule has 0 N–H and O–H groups in total. The quantitative estimate of drug-likeness (QED) is 0.754. The number of fused-ring (bicyclic) bond motifs is 2. The number of rotatable bonds is 4. The topological polar surface area (TPSA) is 25.4 Å². The Kier molecular flexibility index (Phi) is 4.65. The molecule has 5 rings (SSSR count). The van der Waals surface area contributed by atoms with Gasteiger partial charge in [0.25, 0.3) is 0 Å². The monoisotopic (exact) mass is 362 g/mol. The Hall–Kier alpha value is -1.87. The van der Waals surface area contributed by atoms with Crippen molar-refractivity contribution in [2.75, 3.05) is 20.2 Å². The van der Waals surface area contributed by atoms with Crippen LogP contribution >= 0.6 is 0 Å². The highest BCUT2D eigenvalue weighted by Crippen LogP contribution is 2.48. The smallest absolute Gasteiger partial charge is 0.122 e. The van der Waals surface area contributed by atoms with Crippen LogP contribution in [0.3, 0.4) is 0 Å². The van der Waals surface area contributed by atoms with Gasteiger partial charge in [0.1, 0.15) is 5.75 Å². The van der Waals surface area contributed by atoms with E-state index in [0.29, 0.717) is 5.92 Å². The van der Waals surface area contributed by atoms with Crippen LogP contribution in [0.2, 0.25) is 0 Å². The molecule has 3 atom stereocenters. The lowest BCUT2D eigenvalue weighted by Gasteiger charge is -2.40. The van der Waals surface area contributed by atoms with E-state index in [2.05, 4.69) is 34.1 Å². The van der Waals surface area contributed by atoms with Crippen LogP contribution < -0.4 is 4.74 Å². The summed E-state index contributed by atoms with van der Waals surface area (Å²) in [7, 11) is 1.80. The fourth-order valence-electron chi connectivity index (χ4n) is 5.97. The van der Waals surface area contributed by atoms with Crippen molar-refractivity contribution >= 4 is 0 Å². The zero-order valence-corrected chi connectivity index (χ0v) is 16.3. The highest BCUT2D eigenvalue weighted by Gasteiger charge is 2.43. The van der Waals surface area contributed by atoms with Crippen molar-refractivity contribution < 1.29 is 4.74 Å². The fourth-order valence-corrected chi connectivity index (χ4v) is 5.97. The fraction of sp³-hybridized carbons (Fsp3) is 0.542. The summed E-state index contributed by atoms with van der Waals surface area (Å²) >= 11 is 0. The number of pyridine rings is 1. The van der Waals surface area contributed by atoms with Crippen LogP contribution in [0.15, 0.2) is 42.7 Å². The standard InChI is InChI=1S/C24H30N2O/c1-27-24-7-6-19(21-3-2-10-25-16-21)15-22(24)18-8-11-26(12-9-18)23-14-17-4-5-20(23)13-17/h2-3,6-7,10,15-18,20,23H,4-5,8-9,11-14H2,1H3/t17-,20-,23-/m0/s1. The predicted octanol–water partition coefficient (Wildman–Crippen LogP) is 5.13. The van der Waals surface area contributed by atoms with Crippen molar-refractivity contribution in [3.05, 3.63) is 48.3 Å². The number of likely N-dealkylation sites (tertiary alicyclic amines) is 1. The molecule has 1 aromatic heterocycles. The Bertz CT molecular complexity index is 782. The maximum atomic E-state index is 5.73. The first-order valence-corrected chi connectivity index (χ1v) is 10.6. The molecule has 0 spiro atoms. The third-order valence-corrected chi connectivity index (χ3v) is 7.36. The lowest BCUT2D eigenvalue weighted by molar-refractivity contribution is 0.110. The predicted molar refractivity (Wildman–Crippen MR) is 109 cm³/mol. The average Bonchev–Trinajstić information content (AvgIpc) is 3.38. The van der Waals surface area contributed by atoms with Gasteiger partial charge in [-0.05, 0) is 92.3 Å². The van der Waals surface area contributed by atoms with Crippen LogP contribution in [0.25, 0.3) is 11.1 Å². The number of benzene rings is 1. The van der Waals surface area contributed by atoms with E-state index < -0.39 is 0 Å². The maximum absolute atomic E-state index is 5.73. The Balaban J connectivity index is 1.32. The van der Waals surface area contributed by atoms with Gasteiger partial charge in [-0.2, -0.15) is 0 Å². The van der Waals surface area contributed by atoms with E-state index in [0.717, 1.165) is 23.6 Å². The van der Waals surface area contributed by atoms with E-state index in [4.69, 9.17) is 4.74 Å². The van der Waals surface area contributed by atoms with E-state index >= 15 is 0 Å². The van der Waals surface area contributed by atoms with E-state index in [-0.39, 0.29) is 0 Å². The molecule has 0 unspecified atom stereocenters. The summed E-state index contributed by atoms with van der Waals surface area (Å²) in [6.07, 6.45) is 12.2. The first-order chi connectivity index (χ1) is 13.3. The molecule has 27 heavy (non-hydrogen) atoms. The largest absolute Gasteiger partial charge is 0.496 e. The molecule has 3 fully saturated rings. The Morgan fingerprint density at radius 1 is 1.00 bits per heavy atom. The summed E-state index contributed by atoms with van der Waals surface area (Å²) in [5.74, 6) is 3.68. The first-order valence-electron chi connectivity index (χ1n) is 10.6. The number of aromatic nitrogens is 1. The molecule has 3 aliphatic rings. The van der Waals surface area contributed by atoms with Crippen LogP contribution in [0.5, 0.6) is 5.75 Å². The molecule has 1 aliphatic heterocycles. The molecule has 3 heteroatoms. The van der Waals surface area contributed by atoms with Gasteiger partial charge in [-0.25, -0.2) is 0 Å². The van der Waals surface area contributed by atoms with Crippen LogP contribution in [0, 0.1) is 11.8 Å². The van der Waals surface area contributed by atoms with Gasteiger partial charge in [0.05, 0.1) is 7.11 Å². The number of nitrogens with zero attached hydrogens (tertiary/aromatic N) is 2. The molecule has 2 aliphatic carbocycles. The average molecular weight is 363 g/mol. The highest BCUT2D eigenvalue weighted by molar-refractivity contribution is 5.65. The molecule has 142 valence electrons. The third-order valence-electron chi connectivity index (χ3n) is 7.36. The van der Waals surface area contributed by atoms with E-state index in [1.165, 1.54) is 68.3 Å². The SMILES string of the molecule is COc1ccc(-c2cccnc2)cc1C1CCN([C@H]2C[C@H]3CC[C@H]2C3)CC1. The van der Waals surface area contributed by atoms with Gasteiger partial charge < -0.3 is 9.64 Å². The molecule has 0 radical (unpaired) electrons. The van der Waals surface area contributed by atoms with E-state index in [9.17, 15) is 0 Å². The van der Waals surface area contributed by atoms with Gasteiger partial charge in [-0.1, -0.05) is 18.6 Å². The molecule has 0 amide bonds. The molecular formula is C24H30N2O. The molecule has 1 aromatic carbocycles. The van der Waals surface area contributed by atoms with Crippen LogP contribution in [0.4, 0.5) is 0 Å². The van der Waals surface area contributed by atoms with Gasteiger partial charge >= 0.3 is 0 Å². The minimum absolute atomic E-state index is 0.603. The lowest BCUT2D eigenvalue weighted by Crippen LogP contribution is -2.43. The summed E-state index contributed by atoms with van der Waals surface area (Å²) in [5.41, 5.74) is 3.81. The van der Waals surface area contributed by atoms with Gasteiger partial charge in [-0.15, -0.1) is 0 Å². The molecule has 2 aromatic rings. The number of ether oxygens (including phenoxy) is 1. The van der Waals surface area contributed by atoms with Crippen LogP contribution in [-0.2, 0) is 0 Å². The van der Waals surface area contributed by atoms with E-state index in [1.54, 1.807) is 7.11 Å². The van der Waals surface area contributed by atoms with Gasteiger partial charge in [0.2, 0.25) is 0 Å². The molecule has 3 nitrogen and oxygen atoms in total. The second-order valence-corrected chi connectivity index (χ2v) is 8.75. The number of hydrogen-bond acceptors (Lipinski definition) is 3. The number of piperidine rings is 1. The zero-order chi connectivity index (χ0) is 18.2. The molecule has 2 heterocycles. The van der Waals surface area contributed by atoms with Crippen molar-refractivity contribution in [3.63, 3.8) is 0 Å². The normalized spacial score (nSPS) is 28.6. The minimum atomic E-state index is 0.603. The molecule has 1 saturated heterocycles. The van der Waals surface area contributed by atoms with Crippen LogP contribution in [-0.4, -0.2) is 36.1 Å². The van der Waals surface area contributed by atoms with Gasteiger partial charge in [0.15, 0.2) is 0 Å². The Morgan fingerprint density at radius 3 is 2.56 bits per heavy atom. The van der Waals surface area contributed by atoms with Crippen molar-refractivity contribution in [1.82, 2.24) is 9.88 Å². The summed E-state index contributed by atoms with van der Waals surface area (Å²) < 4.78 is 5.73. The zero-order valence-electron chi connectivity index (χ0n) is 16.3. The summed E-state index contributed by atoms with van der Waals surface area (Å²) in [6, 6.07) is 11.7. The lowest BCUT2D eigenvalue weighted by atomic mass is 9.85. The Morgan fingerprint density at radius 2 is 1.89 bits per heavy atom.